The number of nitrogens with zero attached hydrogens (tertiary/aromatic N) is 2. The third-order valence-corrected chi connectivity index (χ3v) is 5.13. The third-order valence-electron chi connectivity index (χ3n) is 5.13. The van der Waals surface area contributed by atoms with E-state index in [0.717, 1.165) is 31.4 Å². The van der Waals surface area contributed by atoms with Gasteiger partial charge >= 0.3 is 6.09 Å². The molecule has 0 N–H and O–H groups in total. The van der Waals surface area contributed by atoms with Gasteiger partial charge in [-0.1, -0.05) is 31.9 Å². The van der Waals surface area contributed by atoms with Crippen LogP contribution in [0.4, 0.5) is 4.79 Å². The molecule has 1 atom stereocenters. The second kappa shape index (κ2) is 9.36. The number of fused-ring (bicyclic) bond motifs is 1. The molecule has 1 unspecified atom stereocenters. The van der Waals surface area contributed by atoms with Crippen molar-refractivity contribution < 1.29 is 14.1 Å². The van der Waals surface area contributed by atoms with Crippen molar-refractivity contribution in [3.63, 3.8) is 0 Å². The summed E-state index contributed by atoms with van der Waals surface area (Å²) >= 11 is 0. The van der Waals surface area contributed by atoms with E-state index in [2.05, 4.69) is 61.0 Å². The molecule has 0 radical (unpaired) electrons. The molecule has 2 aromatic carbocycles. The van der Waals surface area contributed by atoms with Crippen LogP contribution in [-0.4, -0.2) is 24.6 Å². The van der Waals surface area contributed by atoms with Gasteiger partial charge in [0, 0.05) is 43.6 Å². The molecular formula is C24H29N2O2+. The molecule has 28 heavy (non-hydrogen) atoms. The molecule has 4 heteroatoms. The average Bonchev–Trinajstić information content (AvgIpc) is 2.73. The monoisotopic (exact) mass is 377 g/mol. The van der Waals surface area contributed by atoms with Crippen LogP contribution in [0.2, 0.25) is 0 Å². The van der Waals surface area contributed by atoms with E-state index in [1.54, 1.807) is 11.9 Å². The highest BCUT2D eigenvalue weighted by atomic mass is 16.6. The van der Waals surface area contributed by atoms with E-state index >= 15 is 0 Å². The number of para-hydroxylation sites is 1. The lowest BCUT2D eigenvalue weighted by Gasteiger charge is -2.16. The Bertz CT molecular complexity index is 916. The quantitative estimate of drug-likeness (QED) is 0.410. The lowest BCUT2D eigenvalue weighted by molar-refractivity contribution is -0.685. The molecule has 146 valence electrons. The van der Waals surface area contributed by atoms with E-state index in [4.69, 9.17) is 4.74 Å². The maximum Gasteiger partial charge on any atom is 0.414 e. The van der Waals surface area contributed by atoms with Crippen LogP contribution in [0.3, 0.4) is 0 Å². The first-order valence-corrected chi connectivity index (χ1v) is 10.0. The van der Waals surface area contributed by atoms with Crippen LogP contribution in [0.15, 0.2) is 66.9 Å². The fourth-order valence-electron chi connectivity index (χ4n) is 3.37. The Morgan fingerprint density at radius 1 is 1.04 bits per heavy atom. The molecule has 0 saturated heterocycles. The van der Waals surface area contributed by atoms with Crippen LogP contribution in [0, 0.1) is 0 Å². The zero-order chi connectivity index (χ0) is 19.9. The number of hydrogen-bond acceptors (Lipinski definition) is 2. The summed E-state index contributed by atoms with van der Waals surface area (Å²) in [5, 5.41) is 1.22. The van der Waals surface area contributed by atoms with Gasteiger partial charge in [0.05, 0.1) is 0 Å². The Morgan fingerprint density at radius 2 is 1.75 bits per heavy atom. The van der Waals surface area contributed by atoms with Crippen LogP contribution in [-0.2, 0) is 0 Å². The molecule has 0 aliphatic rings. The highest BCUT2D eigenvalue weighted by Gasteiger charge is 2.19. The number of carbonyl (C=O) groups excluding carboxylic acids is 1. The summed E-state index contributed by atoms with van der Waals surface area (Å²) in [4.78, 5) is 13.8. The molecule has 1 amide bonds. The van der Waals surface area contributed by atoms with Gasteiger partial charge in [-0.2, -0.15) is 4.57 Å². The Labute approximate surface area is 167 Å². The summed E-state index contributed by atoms with van der Waals surface area (Å²) in [5.41, 5.74) is 2.36. The number of amides is 1. The molecule has 0 saturated carbocycles. The number of ether oxygens (including phenoxy) is 1. The van der Waals surface area contributed by atoms with Crippen molar-refractivity contribution in [3.05, 3.63) is 72.4 Å². The third kappa shape index (κ3) is 4.69. The normalized spacial score (nSPS) is 12.0. The van der Waals surface area contributed by atoms with Gasteiger partial charge in [-0.3, -0.25) is 0 Å². The number of benzene rings is 2. The molecule has 1 aromatic heterocycles. The molecule has 3 rings (SSSR count). The predicted octanol–water partition coefficient (Wildman–Crippen LogP) is 5.36. The van der Waals surface area contributed by atoms with Crippen molar-refractivity contribution in [1.82, 2.24) is 4.90 Å². The first kappa shape index (κ1) is 19.9. The summed E-state index contributed by atoms with van der Waals surface area (Å²) < 4.78 is 7.76. The van der Waals surface area contributed by atoms with Crippen molar-refractivity contribution in [3.8, 4) is 5.75 Å². The highest BCUT2D eigenvalue weighted by molar-refractivity contribution is 5.75. The summed E-state index contributed by atoms with van der Waals surface area (Å²) in [7, 11) is 1.78. The molecular weight excluding hydrogens is 348 g/mol. The van der Waals surface area contributed by atoms with Crippen LogP contribution >= 0.6 is 0 Å². The van der Waals surface area contributed by atoms with E-state index in [1.807, 2.05) is 24.3 Å². The number of unbranched alkanes of at least 4 members (excludes halogenated alkanes) is 2. The first-order valence-electron chi connectivity index (χ1n) is 10.0. The molecule has 0 spiro atoms. The highest BCUT2D eigenvalue weighted by Crippen LogP contribution is 2.20. The van der Waals surface area contributed by atoms with Crippen molar-refractivity contribution in [2.45, 2.75) is 39.2 Å². The second-order valence-electron chi connectivity index (χ2n) is 7.22. The van der Waals surface area contributed by atoms with Crippen molar-refractivity contribution >= 4 is 17.0 Å². The van der Waals surface area contributed by atoms with Crippen molar-refractivity contribution in [2.24, 2.45) is 0 Å². The Kier molecular flexibility index (Phi) is 6.64. The maximum absolute atomic E-state index is 12.2. The van der Waals surface area contributed by atoms with Gasteiger partial charge in [-0.25, -0.2) is 4.79 Å². The van der Waals surface area contributed by atoms with Gasteiger partial charge in [-0.15, -0.1) is 0 Å². The number of rotatable bonds is 7. The zero-order valence-corrected chi connectivity index (χ0v) is 17.0. The van der Waals surface area contributed by atoms with E-state index < -0.39 is 0 Å². The van der Waals surface area contributed by atoms with Gasteiger partial charge in [0.1, 0.15) is 5.75 Å². The molecule has 3 aromatic rings. The first-order chi connectivity index (χ1) is 13.6. The summed E-state index contributed by atoms with van der Waals surface area (Å²) in [6.45, 7) is 5.05. The number of hydrogen-bond donors (Lipinski definition) is 0. The lowest BCUT2D eigenvalue weighted by atomic mass is 10.1. The van der Waals surface area contributed by atoms with E-state index in [-0.39, 0.29) is 12.1 Å². The van der Waals surface area contributed by atoms with E-state index in [0.29, 0.717) is 5.75 Å². The fourth-order valence-corrected chi connectivity index (χ4v) is 3.37. The molecule has 0 aliphatic heterocycles. The largest absolute Gasteiger partial charge is 0.414 e. The van der Waals surface area contributed by atoms with Crippen LogP contribution in [0.25, 0.3) is 10.9 Å². The minimum Gasteiger partial charge on any atom is -0.410 e. The van der Waals surface area contributed by atoms with Crippen molar-refractivity contribution in [2.75, 3.05) is 13.6 Å². The summed E-state index contributed by atoms with van der Waals surface area (Å²) in [6, 6.07) is 20.5. The lowest BCUT2D eigenvalue weighted by Crippen LogP contribution is -2.38. The smallest absolute Gasteiger partial charge is 0.410 e. The molecule has 0 aliphatic carbocycles. The topological polar surface area (TPSA) is 33.4 Å². The Morgan fingerprint density at radius 3 is 2.50 bits per heavy atom. The van der Waals surface area contributed by atoms with Crippen molar-refractivity contribution in [1.29, 1.82) is 0 Å². The maximum atomic E-state index is 12.2. The molecule has 0 bridgehead atoms. The van der Waals surface area contributed by atoms with E-state index in [1.165, 1.54) is 10.9 Å². The molecule has 0 fully saturated rings. The van der Waals surface area contributed by atoms with Gasteiger partial charge in [-0.05, 0) is 42.8 Å². The second-order valence-corrected chi connectivity index (χ2v) is 7.22. The Hall–Kier alpha value is -2.88. The summed E-state index contributed by atoms with van der Waals surface area (Å²) in [6.07, 6.45) is 5.06. The van der Waals surface area contributed by atoms with E-state index in [9.17, 15) is 4.79 Å². The van der Waals surface area contributed by atoms with Gasteiger partial charge in [0.25, 0.3) is 0 Å². The Balaban J connectivity index is 1.69. The predicted molar refractivity (Wildman–Crippen MR) is 113 cm³/mol. The van der Waals surface area contributed by atoms with Crippen LogP contribution < -0.4 is 9.30 Å². The standard InChI is InChI=1S/C24H29N2O2/c1-4-5-8-17-25(3)24(27)28-22-15-13-20(14-16-22)19(2)26-18-9-11-21-10-6-7-12-23(21)26/h6-7,9-16,18-19H,4-5,8,17H2,1-3H3/q+1. The van der Waals surface area contributed by atoms with Gasteiger partial charge < -0.3 is 9.64 Å². The zero-order valence-electron chi connectivity index (χ0n) is 17.0. The van der Waals surface area contributed by atoms with Crippen LogP contribution in [0.5, 0.6) is 5.75 Å². The molecule has 4 nitrogen and oxygen atoms in total. The average molecular weight is 378 g/mol. The minimum atomic E-state index is -0.305. The SMILES string of the molecule is CCCCCN(C)C(=O)Oc1ccc(C(C)[n+]2cccc3ccccc32)cc1. The van der Waals surface area contributed by atoms with Gasteiger partial charge in [0.2, 0.25) is 5.52 Å². The van der Waals surface area contributed by atoms with Gasteiger partial charge in [0.15, 0.2) is 12.2 Å². The minimum absolute atomic E-state index is 0.174. The number of carbonyl (C=O) groups is 1. The summed E-state index contributed by atoms with van der Waals surface area (Å²) in [5.74, 6) is 0.575. The van der Waals surface area contributed by atoms with Crippen LogP contribution in [0.1, 0.15) is 44.7 Å². The fraction of sp³-hybridized carbons (Fsp3) is 0.333. The number of aromatic nitrogens is 1. The molecule has 1 heterocycles. The number of pyridine rings is 1.